The lowest BCUT2D eigenvalue weighted by atomic mass is 9.97. The molecule has 9 nitrogen and oxygen atoms in total. The van der Waals surface area contributed by atoms with E-state index in [9.17, 15) is 13.6 Å². The van der Waals surface area contributed by atoms with Crippen molar-refractivity contribution in [2.45, 2.75) is 32.1 Å². The van der Waals surface area contributed by atoms with Crippen LogP contribution in [-0.4, -0.2) is 69.5 Å². The first-order valence-electron chi connectivity index (χ1n) is 11.7. The van der Waals surface area contributed by atoms with Crippen LogP contribution in [0.15, 0.2) is 46.2 Å². The van der Waals surface area contributed by atoms with Crippen molar-refractivity contribution in [2.24, 2.45) is 12.1 Å². The lowest BCUT2D eigenvalue weighted by Crippen LogP contribution is -2.54. The number of alkyl halides is 2. The number of hydrogen-bond donors (Lipinski definition) is 1. The summed E-state index contributed by atoms with van der Waals surface area (Å²) in [6.45, 7) is 3.88. The van der Waals surface area contributed by atoms with Crippen molar-refractivity contribution in [1.29, 1.82) is 0 Å². The topological polar surface area (TPSA) is 78.2 Å². The second kappa shape index (κ2) is 9.73. The van der Waals surface area contributed by atoms with Crippen LogP contribution in [0.5, 0.6) is 0 Å². The van der Waals surface area contributed by atoms with Crippen molar-refractivity contribution >= 4 is 11.7 Å². The van der Waals surface area contributed by atoms with Gasteiger partial charge in [0, 0.05) is 56.4 Å². The summed E-state index contributed by atoms with van der Waals surface area (Å²) >= 11 is 0. The fourth-order valence-electron chi connectivity index (χ4n) is 4.67. The highest BCUT2D eigenvalue weighted by atomic mass is 19.3. The van der Waals surface area contributed by atoms with Gasteiger partial charge in [-0.1, -0.05) is 11.8 Å². The molecule has 4 heterocycles. The maximum Gasteiger partial charge on any atom is 0.282 e. The highest BCUT2D eigenvalue weighted by Gasteiger charge is 2.35. The van der Waals surface area contributed by atoms with Crippen LogP contribution in [0, 0.1) is 11.8 Å². The average molecular weight is 502 g/mol. The Hall–Kier alpha value is -3.72. The number of fused-ring (bicyclic) bond motifs is 2. The summed E-state index contributed by atoms with van der Waals surface area (Å²) in [5.74, 6) is 4.62. The van der Waals surface area contributed by atoms with E-state index in [1.165, 1.54) is 30.9 Å². The van der Waals surface area contributed by atoms with Gasteiger partial charge in [0.15, 0.2) is 12.6 Å². The van der Waals surface area contributed by atoms with Crippen LogP contribution < -0.4 is 5.32 Å². The van der Waals surface area contributed by atoms with E-state index in [2.05, 4.69) is 27.4 Å². The van der Waals surface area contributed by atoms with Gasteiger partial charge in [0.25, 0.3) is 6.43 Å². The minimum atomic E-state index is -2.80. The third kappa shape index (κ3) is 4.58. The number of halogens is 3. The second-order valence-corrected chi connectivity index (χ2v) is 8.80. The molecule has 3 aliphatic heterocycles. The first-order chi connectivity index (χ1) is 17.3. The van der Waals surface area contributed by atoms with Gasteiger partial charge < -0.3 is 15.0 Å². The minimum absolute atomic E-state index is 0.0500. The summed E-state index contributed by atoms with van der Waals surface area (Å²) in [6, 6.07) is 0. The Labute approximate surface area is 206 Å². The van der Waals surface area contributed by atoms with Gasteiger partial charge in [-0.05, 0) is 12.2 Å². The molecule has 1 aliphatic carbocycles. The molecule has 190 valence electrons. The molecule has 12 heteroatoms. The molecule has 1 amide bonds. The Kier molecular flexibility index (Phi) is 6.49. The predicted molar refractivity (Wildman–Crippen MR) is 124 cm³/mol. The van der Waals surface area contributed by atoms with Crippen LogP contribution in [0.25, 0.3) is 0 Å². The van der Waals surface area contributed by atoms with Crippen molar-refractivity contribution in [2.75, 3.05) is 33.0 Å². The highest BCUT2D eigenvalue weighted by molar-refractivity contribution is 6.01. The number of hydrogen-bond acceptors (Lipinski definition) is 7. The van der Waals surface area contributed by atoms with Crippen LogP contribution in [0.1, 0.15) is 43.4 Å². The Morgan fingerprint density at radius 1 is 1.33 bits per heavy atom. The largest absolute Gasteiger partial charge is 0.356 e. The molecule has 1 saturated heterocycles. The van der Waals surface area contributed by atoms with Crippen molar-refractivity contribution in [3.8, 4) is 11.8 Å². The molecule has 4 aliphatic rings. The second-order valence-electron chi connectivity index (χ2n) is 8.80. The molecule has 1 atom stereocenters. The molecule has 0 saturated carbocycles. The van der Waals surface area contributed by atoms with Gasteiger partial charge in [-0.25, -0.2) is 13.2 Å². The first kappa shape index (κ1) is 24.0. The lowest BCUT2D eigenvalue weighted by Gasteiger charge is -2.46. The molecule has 1 unspecified atom stereocenters. The van der Waals surface area contributed by atoms with E-state index < -0.39 is 23.9 Å². The number of aromatic nitrogens is 2. The molecular weight excluding hydrogens is 475 g/mol. The lowest BCUT2D eigenvalue weighted by molar-refractivity contribution is -0.145. The van der Waals surface area contributed by atoms with Gasteiger partial charge in [-0.2, -0.15) is 10.2 Å². The van der Waals surface area contributed by atoms with Crippen LogP contribution in [-0.2, 0) is 16.6 Å². The Balaban J connectivity index is 1.46. The number of nitrogens with zero attached hydrogens (tertiary/aromatic N) is 6. The van der Waals surface area contributed by atoms with Crippen molar-refractivity contribution in [1.82, 2.24) is 30.1 Å². The number of amidine groups is 1. The first-order valence-corrected chi connectivity index (χ1v) is 11.7. The average Bonchev–Trinajstić information content (AvgIpc) is 3.25. The standard InChI is InChI=1S/C24H26F3N7O2/c1-15(35)32-8-7-21-18(13-32)24(30-34-14-36-10-9-33(21)34)28-20-6-4-3-5-16(11-19(20)25)17-12-31(2)29-22(17)23(26)27/h6,11-12,16,23H,4,7-10,13-14H2,1-2H3,(H,28,30)/b19-11+,20-6+. The molecular formula is C24H26F3N7O2. The molecule has 0 radical (unpaired) electrons. The Bertz CT molecular complexity index is 1250. The monoisotopic (exact) mass is 501 g/mol. The van der Waals surface area contributed by atoms with Crippen LogP contribution in [0.4, 0.5) is 13.2 Å². The van der Waals surface area contributed by atoms with Crippen LogP contribution in [0.2, 0.25) is 0 Å². The highest BCUT2D eigenvalue weighted by Crippen LogP contribution is 2.32. The summed E-state index contributed by atoms with van der Waals surface area (Å²) in [4.78, 5) is 13.8. The molecule has 1 N–H and O–H groups in total. The molecule has 1 aromatic rings. The quantitative estimate of drug-likeness (QED) is 0.642. The van der Waals surface area contributed by atoms with Gasteiger partial charge in [-0.15, -0.1) is 5.10 Å². The number of nitrogens with one attached hydrogen (secondary N) is 1. The fourth-order valence-corrected chi connectivity index (χ4v) is 4.67. The van der Waals surface area contributed by atoms with E-state index in [0.29, 0.717) is 38.5 Å². The molecule has 0 aromatic carbocycles. The van der Waals surface area contributed by atoms with Gasteiger partial charge in [-0.3, -0.25) is 14.5 Å². The fraction of sp³-hybridized carbons (Fsp3) is 0.458. The SMILES string of the molecule is CC(=O)N1CCC2=C(C1)C(NC1=C/CC#CC(c3cn(C)nc3C(F)F)/C=C\1F)=NN1COCCN21. The summed E-state index contributed by atoms with van der Waals surface area (Å²) in [5, 5.41) is 15.3. The third-order valence-electron chi connectivity index (χ3n) is 6.42. The number of hydrazone groups is 1. The zero-order chi connectivity index (χ0) is 25.4. The normalized spacial score (nSPS) is 24.9. The number of rotatable bonds is 3. The molecule has 0 bridgehead atoms. The van der Waals surface area contributed by atoms with E-state index in [4.69, 9.17) is 4.74 Å². The number of hydrazine groups is 1. The molecule has 0 spiro atoms. The number of allylic oxidation sites excluding steroid dienone is 3. The maximum absolute atomic E-state index is 15.5. The minimum Gasteiger partial charge on any atom is -0.356 e. The molecule has 1 aromatic heterocycles. The Morgan fingerprint density at radius 3 is 2.94 bits per heavy atom. The van der Waals surface area contributed by atoms with E-state index >= 15 is 4.39 Å². The van der Waals surface area contributed by atoms with Gasteiger partial charge in [0.05, 0.1) is 31.3 Å². The molecule has 1 fully saturated rings. The zero-order valence-corrected chi connectivity index (χ0v) is 20.0. The van der Waals surface area contributed by atoms with E-state index in [1.54, 1.807) is 16.1 Å². The molecule has 5 rings (SSSR count). The van der Waals surface area contributed by atoms with Gasteiger partial charge in [0.1, 0.15) is 11.5 Å². The van der Waals surface area contributed by atoms with E-state index in [1.807, 2.05) is 5.01 Å². The number of ether oxygens (including phenoxy) is 1. The van der Waals surface area contributed by atoms with E-state index in [-0.39, 0.29) is 30.3 Å². The number of aryl methyl sites for hydroxylation is 1. The summed E-state index contributed by atoms with van der Waals surface area (Å²) in [6.07, 6.45) is 2.29. The summed E-state index contributed by atoms with van der Waals surface area (Å²) < 4.78 is 49.4. The van der Waals surface area contributed by atoms with Crippen LogP contribution >= 0.6 is 0 Å². The smallest absolute Gasteiger partial charge is 0.282 e. The van der Waals surface area contributed by atoms with E-state index in [0.717, 1.165) is 11.3 Å². The van der Waals surface area contributed by atoms with Gasteiger partial charge in [0.2, 0.25) is 5.91 Å². The number of carbonyl (C=O) groups excluding carboxylic acids is 1. The number of amides is 1. The van der Waals surface area contributed by atoms with Gasteiger partial charge >= 0.3 is 0 Å². The summed E-state index contributed by atoms with van der Waals surface area (Å²) in [5.41, 5.74) is 1.71. The third-order valence-corrected chi connectivity index (χ3v) is 6.42. The number of carbonyl (C=O) groups is 1. The van der Waals surface area contributed by atoms with Crippen molar-refractivity contribution < 1.29 is 22.7 Å². The van der Waals surface area contributed by atoms with Crippen LogP contribution in [0.3, 0.4) is 0 Å². The Morgan fingerprint density at radius 2 is 2.17 bits per heavy atom. The molecule has 36 heavy (non-hydrogen) atoms. The van der Waals surface area contributed by atoms with Crippen molar-refractivity contribution in [3.05, 3.63) is 52.4 Å². The summed E-state index contributed by atoms with van der Waals surface area (Å²) in [7, 11) is 1.54. The zero-order valence-electron chi connectivity index (χ0n) is 20.0. The predicted octanol–water partition coefficient (Wildman–Crippen LogP) is 2.52. The maximum atomic E-state index is 15.5. The van der Waals surface area contributed by atoms with Crippen molar-refractivity contribution in [3.63, 3.8) is 0 Å².